The zero-order valence-corrected chi connectivity index (χ0v) is 13.3. The Kier molecular flexibility index (Phi) is 3.81. The molecule has 20 heavy (non-hydrogen) atoms. The van der Waals surface area contributed by atoms with Gasteiger partial charge in [0.05, 0.1) is 12.6 Å². The Labute approximate surface area is 128 Å². The second-order valence-corrected chi connectivity index (χ2v) is 6.13. The Morgan fingerprint density at radius 3 is 2.85 bits per heavy atom. The normalized spacial score (nSPS) is 14.8. The van der Waals surface area contributed by atoms with E-state index in [1.165, 1.54) is 22.3 Å². The van der Waals surface area contributed by atoms with Crippen LogP contribution in [0, 0.1) is 6.92 Å². The van der Waals surface area contributed by atoms with E-state index in [0.29, 0.717) is 0 Å². The van der Waals surface area contributed by atoms with Crippen LogP contribution in [0.2, 0.25) is 0 Å². The van der Waals surface area contributed by atoms with Crippen molar-refractivity contribution in [2.24, 2.45) is 0 Å². The maximum atomic E-state index is 5.86. The summed E-state index contributed by atoms with van der Waals surface area (Å²) >= 11 is 3.62. The lowest BCUT2D eigenvalue weighted by atomic mass is 9.95. The van der Waals surface area contributed by atoms with Gasteiger partial charge in [-0.05, 0) is 37.2 Å². The highest BCUT2D eigenvalue weighted by atomic mass is 79.9. The van der Waals surface area contributed by atoms with Gasteiger partial charge in [-0.3, -0.25) is 0 Å². The fourth-order valence-electron chi connectivity index (χ4n) is 2.86. The zero-order chi connectivity index (χ0) is 14.1. The van der Waals surface area contributed by atoms with Gasteiger partial charge in [-0.2, -0.15) is 0 Å². The van der Waals surface area contributed by atoms with E-state index in [-0.39, 0.29) is 6.04 Å². The molecule has 1 heterocycles. The van der Waals surface area contributed by atoms with E-state index >= 15 is 0 Å². The summed E-state index contributed by atoms with van der Waals surface area (Å²) < 4.78 is 6.97. The number of halogens is 1. The van der Waals surface area contributed by atoms with Crippen LogP contribution in [0.15, 0.2) is 40.9 Å². The van der Waals surface area contributed by atoms with Crippen LogP contribution in [0.25, 0.3) is 0 Å². The Morgan fingerprint density at radius 1 is 1.25 bits per heavy atom. The molecule has 3 rings (SSSR count). The summed E-state index contributed by atoms with van der Waals surface area (Å²) in [6.45, 7) is 2.90. The highest BCUT2D eigenvalue weighted by Gasteiger charge is 2.23. The zero-order valence-electron chi connectivity index (χ0n) is 11.7. The number of ether oxygens (including phenoxy) is 1. The molecular formula is C17H18BrNO. The molecule has 2 nitrogen and oxygen atoms in total. The molecule has 0 saturated heterocycles. The van der Waals surface area contributed by atoms with Crippen LogP contribution in [0.1, 0.15) is 28.3 Å². The molecule has 0 aliphatic carbocycles. The van der Waals surface area contributed by atoms with Crippen molar-refractivity contribution in [1.82, 2.24) is 5.32 Å². The van der Waals surface area contributed by atoms with Gasteiger partial charge in [0.25, 0.3) is 0 Å². The van der Waals surface area contributed by atoms with E-state index in [1.54, 1.807) is 0 Å². The van der Waals surface area contributed by atoms with Crippen molar-refractivity contribution in [2.45, 2.75) is 19.4 Å². The predicted octanol–water partition coefficient (Wildman–Crippen LogP) is 4.00. The van der Waals surface area contributed by atoms with E-state index in [0.717, 1.165) is 23.2 Å². The maximum Gasteiger partial charge on any atom is 0.127 e. The standard InChI is InChI=1S/C17H18BrNO/c1-11-4-3-5-12(8-11)16(19-2)15-10-14(18)9-13-6-7-20-17(13)15/h3-5,8-10,16,19H,6-7H2,1-2H3. The monoisotopic (exact) mass is 331 g/mol. The van der Waals surface area contributed by atoms with Crippen LogP contribution in [0.5, 0.6) is 5.75 Å². The summed E-state index contributed by atoms with van der Waals surface area (Å²) in [6, 6.07) is 13.1. The summed E-state index contributed by atoms with van der Waals surface area (Å²) in [6.07, 6.45) is 0.992. The Hall–Kier alpha value is -1.32. The van der Waals surface area contributed by atoms with Crippen LogP contribution >= 0.6 is 15.9 Å². The molecule has 104 valence electrons. The lowest BCUT2D eigenvalue weighted by Gasteiger charge is -2.20. The number of hydrogen-bond acceptors (Lipinski definition) is 2. The number of benzene rings is 2. The molecule has 0 bridgehead atoms. The fraction of sp³-hybridized carbons (Fsp3) is 0.294. The second kappa shape index (κ2) is 5.58. The lowest BCUT2D eigenvalue weighted by molar-refractivity contribution is 0.351. The van der Waals surface area contributed by atoms with Gasteiger partial charge in [0.2, 0.25) is 0 Å². The maximum absolute atomic E-state index is 5.86. The minimum Gasteiger partial charge on any atom is -0.493 e. The van der Waals surface area contributed by atoms with Crippen LogP contribution in [-0.4, -0.2) is 13.7 Å². The third-order valence-corrected chi connectivity index (χ3v) is 4.21. The minimum absolute atomic E-state index is 0.152. The number of nitrogens with one attached hydrogen (secondary N) is 1. The van der Waals surface area contributed by atoms with Crippen molar-refractivity contribution in [3.8, 4) is 5.75 Å². The molecular weight excluding hydrogens is 314 g/mol. The fourth-order valence-corrected chi connectivity index (χ4v) is 3.39. The molecule has 0 saturated carbocycles. The van der Waals surface area contributed by atoms with E-state index in [4.69, 9.17) is 4.74 Å². The topological polar surface area (TPSA) is 21.3 Å². The van der Waals surface area contributed by atoms with Crippen molar-refractivity contribution in [3.05, 3.63) is 63.1 Å². The molecule has 1 N–H and O–H groups in total. The summed E-state index contributed by atoms with van der Waals surface area (Å²) in [7, 11) is 2.00. The van der Waals surface area contributed by atoms with Gasteiger partial charge in [0.1, 0.15) is 5.75 Å². The van der Waals surface area contributed by atoms with Gasteiger partial charge in [-0.15, -0.1) is 0 Å². The number of hydrogen-bond donors (Lipinski definition) is 1. The molecule has 0 aromatic heterocycles. The van der Waals surface area contributed by atoms with Gasteiger partial charge in [0.15, 0.2) is 0 Å². The second-order valence-electron chi connectivity index (χ2n) is 5.22. The van der Waals surface area contributed by atoms with E-state index < -0.39 is 0 Å². The van der Waals surface area contributed by atoms with Crippen molar-refractivity contribution < 1.29 is 4.74 Å². The summed E-state index contributed by atoms with van der Waals surface area (Å²) in [5, 5.41) is 3.42. The van der Waals surface area contributed by atoms with Crippen molar-refractivity contribution in [3.63, 3.8) is 0 Å². The highest BCUT2D eigenvalue weighted by molar-refractivity contribution is 9.10. The Balaban J connectivity index is 2.10. The van der Waals surface area contributed by atoms with Crippen LogP contribution in [0.4, 0.5) is 0 Å². The van der Waals surface area contributed by atoms with Crippen molar-refractivity contribution >= 4 is 15.9 Å². The average Bonchev–Trinajstić information content (AvgIpc) is 2.87. The summed E-state index contributed by atoms with van der Waals surface area (Å²) in [4.78, 5) is 0. The van der Waals surface area contributed by atoms with Gasteiger partial charge in [-0.1, -0.05) is 45.8 Å². The smallest absolute Gasteiger partial charge is 0.127 e. The first kappa shape index (κ1) is 13.7. The number of rotatable bonds is 3. The molecule has 1 atom stereocenters. The van der Waals surface area contributed by atoms with Gasteiger partial charge < -0.3 is 10.1 Å². The summed E-state index contributed by atoms with van der Waals surface area (Å²) in [5.74, 6) is 1.05. The van der Waals surface area contributed by atoms with Crippen molar-refractivity contribution in [2.75, 3.05) is 13.7 Å². The molecule has 0 amide bonds. The minimum atomic E-state index is 0.152. The van der Waals surface area contributed by atoms with Gasteiger partial charge in [0, 0.05) is 16.5 Å². The molecule has 2 aromatic carbocycles. The van der Waals surface area contributed by atoms with E-state index in [2.05, 4.69) is 64.6 Å². The third-order valence-electron chi connectivity index (χ3n) is 3.75. The SMILES string of the molecule is CNC(c1cccc(C)c1)c1cc(Br)cc2c1OCC2. The Bertz CT molecular complexity index is 639. The van der Waals surface area contributed by atoms with Crippen molar-refractivity contribution in [1.29, 1.82) is 0 Å². The number of fused-ring (bicyclic) bond motifs is 1. The highest BCUT2D eigenvalue weighted by Crippen LogP contribution is 2.38. The first-order chi connectivity index (χ1) is 9.69. The summed E-state index contributed by atoms with van der Waals surface area (Å²) in [5.41, 5.74) is 5.04. The van der Waals surface area contributed by atoms with Crippen LogP contribution < -0.4 is 10.1 Å². The number of aryl methyl sites for hydroxylation is 1. The third kappa shape index (κ3) is 2.48. The van der Waals surface area contributed by atoms with E-state index in [9.17, 15) is 0 Å². The first-order valence-corrected chi connectivity index (χ1v) is 7.67. The molecule has 0 radical (unpaired) electrons. The molecule has 0 spiro atoms. The molecule has 2 aromatic rings. The molecule has 1 aliphatic rings. The van der Waals surface area contributed by atoms with Crippen LogP contribution in [0.3, 0.4) is 0 Å². The Morgan fingerprint density at radius 2 is 2.10 bits per heavy atom. The molecule has 1 aliphatic heterocycles. The van der Waals surface area contributed by atoms with Gasteiger partial charge >= 0.3 is 0 Å². The van der Waals surface area contributed by atoms with E-state index in [1.807, 2.05) is 7.05 Å². The molecule has 3 heteroatoms. The largest absolute Gasteiger partial charge is 0.493 e. The van der Waals surface area contributed by atoms with Gasteiger partial charge in [-0.25, -0.2) is 0 Å². The quantitative estimate of drug-likeness (QED) is 0.917. The van der Waals surface area contributed by atoms with Crippen LogP contribution in [-0.2, 0) is 6.42 Å². The first-order valence-electron chi connectivity index (χ1n) is 6.88. The molecule has 1 unspecified atom stereocenters. The average molecular weight is 332 g/mol. The predicted molar refractivity (Wildman–Crippen MR) is 85.4 cm³/mol. The molecule has 0 fully saturated rings. The lowest BCUT2D eigenvalue weighted by Crippen LogP contribution is -2.18.